The van der Waals surface area contributed by atoms with E-state index in [4.69, 9.17) is 6.57 Å². The summed E-state index contributed by atoms with van der Waals surface area (Å²) >= 11 is 0. The Balaban J connectivity index is 2.47. The zero-order valence-electron chi connectivity index (χ0n) is 11.8. The Kier molecular flexibility index (Phi) is 4.34. The average molecular weight is 340 g/mol. The van der Waals surface area contributed by atoms with Gasteiger partial charge in [0.05, 0.1) is 22.7 Å². The van der Waals surface area contributed by atoms with Crippen molar-refractivity contribution >= 4 is 21.4 Å². The fraction of sp³-hybridized carbons (Fsp3) is 0.133. The van der Waals surface area contributed by atoms with Gasteiger partial charge in [0.1, 0.15) is 0 Å². The second kappa shape index (κ2) is 5.93. The van der Waals surface area contributed by atoms with Crippen molar-refractivity contribution in [1.82, 2.24) is 0 Å². The Morgan fingerprint density at radius 2 is 1.70 bits per heavy atom. The topological polar surface area (TPSA) is 50.5 Å². The van der Waals surface area contributed by atoms with E-state index in [0.717, 1.165) is 17.7 Å². The Morgan fingerprint density at radius 1 is 1.09 bits per heavy atom. The molecule has 0 aliphatic rings. The van der Waals surface area contributed by atoms with Crippen molar-refractivity contribution in [1.29, 1.82) is 0 Å². The summed E-state index contributed by atoms with van der Waals surface area (Å²) in [6.07, 6.45) is -4.79. The first kappa shape index (κ1) is 16.8. The third-order valence-corrected chi connectivity index (χ3v) is 4.39. The van der Waals surface area contributed by atoms with Crippen molar-refractivity contribution in [2.24, 2.45) is 0 Å². The molecule has 0 aliphatic heterocycles. The summed E-state index contributed by atoms with van der Waals surface area (Å²) in [7, 11) is -4.16. The van der Waals surface area contributed by atoms with Crippen LogP contribution in [0, 0.1) is 13.5 Å². The summed E-state index contributed by atoms with van der Waals surface area (Å²) in [5.41, 5.74) is -1.23. The van der Waals surface area contributed by atoms with Crippen LogP contribution >= 0.6 is 0 Å². The van der Waals surface area contributed by atoms with Crippen molar-refractivity contribution < 1.29 is 21.6 Å². The van der Waals surface area contributed by atoms with Gasteiger partial charge in [0.15, 0.2) is 5.69 Å². The normalized spacial score (nSPS) is 11.8. The fourth-order valence-corrected chi connectivity index (χ4v) is 2.93. The number of sulfonamides is 1. The smallest absolute Gasteiger partial charge is 0.279 e. The molecule has 0 bridgehead atoms. The molecule has 0 atom stereocenters. The predicted octanol–water partition coefficient (Wildman–Crippen LogP) is 4.37. The van der Waals surface area contributed by atoms with Gasteiger partial charge in [0.25, 0.3) is 10.0 Å². The summed E-state index contributed by atoms with van der Waals surface area (Å²) in [4.78, 5) is 2.78. The number of aryl methyl sites for hydroxylation is 1. The van der Waals surface area contributed by atoms with Crippen molar-refractivity contribution in [3.8, 4) is 0 Å². The maximum Gasteiger partial charge on any atom is 0.417 e. The van der Waals surface area contributed by atoms with Gasteiger partial charge in [-0.25, -0.2) is 13.3 Å². The zero-order chi connectivity index (χ0) is 17.3. The van der Waals surface area contributed by atoms with E-state index in [1.165, 1.54) is 12.1 Å². The Labute approximate surface area is 131 Å². The van der Waals surface area contributed by atoms with E-state index >= 15 is 0 Å². The molecule has 0 saturated heterocycles. The molecule has 0 aromatic heterocycles. The van der Waals surface area contributed by atoms with Gasteiger partial charge in [0, 0.05) is 0 Å². The molecule has 2 aromatic carbocycles. The van der Waals surface area contributed by atoms with E-state index in [-0.39, 0.29) is 10.6 Å². The number of hydrogen-bond donors (Lipinski definition) is 1. The summed E-state index contributed by atoms with van der Waals surface area (Å²) in [6, 6.07) is 8.36. The maximum absolute atomic E-state index is 13.1. The molecule has 2 rings (SSSR count). The van der Waals surface area contributed by atoms with Crippen LogP contribution in [0.2, 0.25) is 0 Å². The van der Waals surface area contributed by atoms with E-state index in [1.807, 2.05) is 4.72 Å². The highest BCUT2D eigenvalue weighted by Gasteiger charge is 2.34. The van der Waals surface area contributed by atoms with Crippen LogP contribution < -0.4 is 4.72 Å². The second-order valence-corrected chi connectivity index (χ2v) is 6.44. The van der Waals surface area contributed by atoms with Gasteiger partial charge in [-0.3, -0.25) is 4.72 Å². The number of alkyl halides is 3. The highest BCUT2D eigenvalue weighted by molar-refractivity contribution is 7.92. The molecule has 0 radical (unpaired) electrons. The SMILES string of the molecule is [C-]#[N+]c1ccc(NS(=O)(=O)c2ccc(C)cc2)c(C(F)(F)F)c1. The molecule has 0 spiro atoms. The van der Waals surface area contributed by atoms with Gasteiger partial charge in [-0.05, 0) is 31.2 Å². The highest BCUT2D eigenvalue weighted by Crippen LogP contribution is 2.38. The van der Waals surface area contributed by atoms with E-state index in [9.17, 15) is 21.6 Å². The lowest BCUT2D eigenvalue weighted by molar-refractivity contribution is -0.136. The monoisotopic (exact) mass is 340 g/mol. The summed E-state index contributed by atoms with van der Waals surface area (Å²) in [5, 5.41) is 0. The molecule has 0 unspecified atom stereocenters. The van der Waals surface area contributed by atoms with Crippen LogP contribution in [0.4, 0.5) is 24.5 Å². The summed E-state index contributed by atoms with van der Waals surface area (Å²) < 4.78 is 65.5. The van der Waals surface area contributed by atoms with Crippen LogP contribution in [0.15, 0.2) is 47.4 Å². The molecule has 2 aromatic rings. The molecule has 0 aliphatic carbocycles. The van der Waals surface area contributed by atoms with Crippen molar-refractivity contribution in [2.75, 3.05) is 4.72 Å². The molecule has 23 heavy (non-hydrogen) atoms. The van der Waals surface area contributed by atoms with E-state index in [0.29, 0.717) is 6.07 Å². The van der Waals surface area contributed by atoms with Crippen LogP contribution in [0.25, 0.3) is 4.85 Å². The van der Waals surface area contributed by atoms with Crippen LogP contribution in [0.5, 0.6) is 0 Å². The molecule has 0 heterocycles. The lowest BCUT2D eigenvalue weighted by Crippen LogP contribution is -2.17. The van der Waals surface area contributed by atoms with Gasteiger partial charge >= 0.3 is 6.18 Å². The van der Waals surface area contributed by atoms with Gasteiger partial charge in [-0.2, -0.15) is 13.2 Å². The van der Waals surface area contributed by atoms with Crippen molar-refractivity contribution in [3.05, 3.63) is 65.0 Å². The number of halogens is 3. The lowest BCUT2D eigenvalue weighted by Gasteiger charge is -2.15. The minimum atomic E-state index is -4.79. The predicted molar refractivity (Wildman–Crippen MR) is 79.7 cm³/mol. The first-order chi connectivity index (χ1) is 10.6. The van der Waals surface area contributed by atoms with Gasteiger partial charge in [-0.1, -0.05) is 23.8 Å². The Morgan fingerprint density at radius 3 is 2.22 bits per heavy atom. The third-order valence-electron chi connectivity index (χ3n) is 3.01. The van der Waals surface area contributed by atoms with E-state index < -0.39 is 27.5 Å². The van der Waals surface area contributed by atoms with E-state index in [1.54, 1.807) is 19.1 Å². The molecule has 4 nitrogen and oxygen atoms in total. The van der Waals surface area contributed by atoms with E-state index in [2.05, 4.69) is 4.85 Å². The molecule has 0 fully saturated rings. The quantitative estimate of drug-likeness (QED) is 0.844. The third kappa shape index (κ3) is 3.81. The Bertz CT molecular complexity index is 867. The maximum atomic E-state index is 13.1. The number of benzene rings is 2. The summed E-state index contributed by atoms with van der Waals surface area (Å²) in [5.74, 6) is 0. The molecule has 120 valence electrons. The summed E-state index contributed by atoms with van der Waals surface area (Å²) in [6.45, 7) is 8.53. The molecular weight excluding hydrogens is 329 g/mol. The molecule has 0 saturated carbocycles. The van der Waals surface area contributed by atoms with Crippen molar-refractivity contribution in [3.63, 3.8) is 0 Å². The number of nitrogens with zero attached hydrogens (tertiary/aromatic N) is 1. The number of anilines is 1. The van der Waals surface area contributed by atoms with Crippen LogP contribution in [0.1, 0.15) is 11.1 Å². The van der Waals surface area contributed by atoms with Crippen LogP contribution in [0.3, 0.4) is 0 Å². The molecule has 1 N–H and O–H groups in total. The van der Waals surface area contributed by atoms with Crippen LogP contribution in [-0.4, -0.2) is 8.42 Å². The minimum Gasteiger partial charge on any atom is -0.279 e. The van der Waals surface area contributed by atoms with Gasteiger partial charge < -0.3 is 0 Å². The Hall–Kier alpha value is -2.53. The lowest BCUT2D eigenvalue weighted by atomic mass is 10.1. The van der Waals surface area contributed by atoms with Crippen molar-refractivity contribution in [2.45, 2.75) is 18.0 Å². The molecule has 0 amide bonds. The number of hydrogen-bond acceptors (Lipinski definition) is 2. The minimum absolute atomic E-state index is 0.148. The molecular formula is C15H11F3N2O2S. The second-order valence-electron chi connectivity index (χ2n) is 4.76. The standard InChI is InChI=1S/C15H11F3N2O2S/c1-10-3-6-12(7-4-10)23(21,22)20-14-8-5-11(19-2)9-13(14)15(16,17)18/h3-9,20H,1H3. The van der Waals surface area contributed by atoms with Gasteiger partial charge in [-0.15, -0.1) is 0 Å². The first-order valence-corrected chi connectivity index (χ1v) is 7.80. The first-order valence-electron chi connectivity index (χ1n) is 6.32. The number of rotatable bonds is 3. The molecule has 8 heteroatoms. The fourth-order valence-electron chi connectivity index (χ4n) is 1.85. The number of nitrogens with one attached hydrogen (secondary N) is 1. The van der Waals surface area contributed by atoms with Crippen LogP contribution in [-0.2, 0) is 16.2 Å². The van der Waals surface area contributed by atoms with Gasteiger partial charge in [0.2, 0.25) is 0 Å². The zero-order valence-corrected chi connectivity index (χ0v) is 12.7. The average Bonchev–Trinajstić information content (AvgIpc) is 2.46. The largest absolute Gasteiger partial charge is 0.417 e. The highest BCUT2D eigenvalue weighted by atomic mass is 32.2.